The van der Waals surface area contributed by atoms with Gasteiger partial charge in [-0.05, 0) is 50.8 Å². The van der Waals surface area contributed by atoms with E-state index in [2.05, 4.69) is 10.6 Å². The van der Waals surface area contributed by atoms with Crippen LogP contribution in [0.1, 0.15) is 63.3 Å². The van der Waals surface area contributed by atoms with Gasteiger partial charge in [0.05, 0.1) is 6.42 Å². The predicted octanol–water partition coefficient (Wildman–Crippen LogP) is 3.36. The molecule has 0 saturated heterocycles. The summed E-state index contributed by atoms with van der Waals surface area (Å²) in [6, 6.07) is 14.5. The fourth-order valence-corrected chi connectivity index (χ4v) is 3.88. The van der Waals surface area contributed by atoms with Gasteiger partial charge in [0.25, 0.3) is 0 Å². The summed E-state index contributed by atoms with van der Waals surface area (Å²) in [5.41, 5.74) is 6.97. The molecule has 0 radical (unpaired) electrons. The van der Waals surface area contributed by atoms with Crippen molar-refractivity contribution < 1.29 is 23.9 Å². The molecular formula is C28H38N4O5. The van der Waals surface area contributed by atoms with Gasteiger partial charge in [0, 0.05) is 13.1 Å². The summed E-state index contributed by atoms with van der Waals surface area (Å²) in [6.45, 7) is 9.28. The number of nitrogens with two attached hydrogens (primary N) is 1. The van der Waals surface area contributed by atoms with E-state index in [0.717, 1.165) is 11.1 Å². The molecule has 37 heavy (non-hydrogen) atoms. The summed E-state index contributed by atoms with van der Waals surface area (Å²) < 4.78 is 5.29. The van der Waals surface area contributed by atoms with E-state index in [4.69, 9.17) is 10.5 Å². The van der Waals surface area contributed by atoms with Crippen molar-refractivity contribution in [2.24, 2.45) is 5.73 Å². The van der Waals surface area contributed by atoms with Crippen molar-refractivity contribution in [3.05, 3.63) is 71.3 Å². The smallest absolute Gasteiger partial charge is 0.408 e. The molecule has 9 heteroatoms. The molecule has 2 aromatic rings. The van der Waals surface area contributed by atoms with Gasteiger partial charge in [-0.3, -0.25) is 14.4 Å². The molecule has 0 aliphatic rings. The van der Waals surface area contributed by atoms with Crippen molar-refractivity contribution in [1.82, 2.24) is 15.5 Å². The van der Waals surface area contributed by atoms with E-state index in [0.29, 0.717) is 12.0 Å². The molecule has 2 atom stereocenters. The fraction of sp³-hybridized carbons (Fsp3) is 0.429. The molecule has 4 N–H and O–H groups in total. The third-order valence-corrected chi connectivity index (χ3v) is 5.49. The molecule has 0 spiro atoms. The summed E-state index contributed by atoms with van der Waals surface area (Å²) in [5, 5.41) is 5.41. The molecule has 2 unspecified atom stereocenters. The first-order valence-corrected chi connectivity index (χ1v) is 12.4. The molecule has 4 amide bonds. The van der Waals surface area contributed by atoms with Gasteiger partial charge in [-0.15, -0.1) is 0 Å². The molecule has 0 bridgehead atoms. The van der Waals surface area contributed by atoms with E-state index >= 15 is 0 Å². The molecule has 0 saturated carbocycles. The van der Waals surface area contributed by atoms with Gasteiger partial charge >= 0.3 is 6.09 Å². The van der Waals surface area contributed by atoms with Gasteiger partial charge in [-0.1, -0.05) is 61.5 Å². The molecule has 200 valence electrons. The lowest BCUT2D eigenvalue weighted by molar-refractivity contribution is -0.143. The molecule has 0 heterocycles. The highest BCUT2D eigenvalue weighted by molar-refractivity contribution is 5.94. The first-order chi connectivity index (χ1) is 17.4. The van der Waals surface area contributed by atoms with Crippen LogP contribution in [0.5, 0.6) is 0 Å². The van der Waals surface area contributed by atoms with E-state index in [-0.39, 0.29) is 19.0 Å². The maximum absolute atomic E-state index is 13.8. The van der Waals surface area contributed by atoms with Gasteiger partial charge in [0.2, 0.25) is 17.7 Å². The first-order valence-electron chi connectivity index (χ1n) is 12.4. The number of hydrogen-bond acceptors (Lipinski definition) is 5. The number of primary amides is 1. The number of nitrogens with zero attached hydrogens (tertiary/aromatic N) is 1. The number of alkyl carbamates (subject to hydrolysis) is 1. The average molecular weight is 511 g/mol. The summed E-state index contributed by atoms with van der Waals surface area (Å²) in [6.07, 6.45) is -0.759. The van der Waals surface area contributed by atoms with Crippen molar-refractivity contribution in [1.29, 1.82) is 0 Å². The predicted molar refractivity (Wildman–Crippen MR) is 141 cm³/mol. The highest BCUT2D eigenvalue weighted by atomic mass is 16.6. The van der Waals surface area contributed by atoms with Gasteiger partial charge < -0.3 is 26.0 Å². The zero-order valence-electron chi connectivity index (χ0n) is 22.2. The quantitative estimate of drug-likeness (QED) is 0.427. The molecule has 0 aliphatic carbocycles. The summed E-state index contributed by atoms with van der Waals surface area (Å²) in [5.74, 6) is -1.75. The second-order valence-corrected chi connectivity index (χ2v) is 9.86. The maximum atomic E-state index is 13.8. The Labute approximate surface area is 218 Å². The standard InChI is InChI=1S/C28H38N4O5/c1-6-16-32(26(35)22(17-23(29)33)31-27(36)37-28(3,4)5)24(21-15-11-10-12-19(21)2)25(34)30-18-20-13-8-7-9-14-20/h7-15,22,24H,6,16-18H2,1-5H3,(H2,29,33)(H,30,34)(H,31,36). The summed E-state index contributed by atoms with van der Waals surface area (Å²) >= 11 is 0. The third-order valence-electron chi connectivity index (χ3n) is 5.49. The zero-order chi connectivity index (χ0) is 27.6. The number of rotatable bonds is 11. The Kier molecular flexibility index (Phi) is 10.7. The normalized spacial score (nSPS) is 12.7. The number of carbonyl (C=O) groups is 4. The highest BCUT2D eigenvalue weighted by Crippen LogP contribution is 2.26. The second kappa shape index (κ2) is 13.4. The topological polar surface area (TPSA) is 131 Å². The zero-order valence-corrected chi connectivity index (χ0v) is 22.2. The Morgan fingerprint density at radius 1 is 1.00 bits per heavy atom. The number of amides is 4. The van der Waals surface area contributed by atoms with Crippen LogP contribution in [0.2, 0.25) is 0 Å². The van der Waals surface area contributed by atoms with Crippen LogP contribution >= 0.6 is 0 Å². The summed E-state index contributed by atoms with van der Waals surface area (Å²) in [7, 11) is 0. The van der Waals surface area contributed by atoms with Gasteiger partial charge in [0.15, 0.2) is 0 Å². The van der Waals surface area contributed by atoms with Crippen molar-refractivity contribution in [2.45, 2.75) is 71.7 Å². The van der Waals surface area contributed by atoms with E-state index < -0.39 is 42.0 Å². The SMILES string of the molecule is CCCN(C(=O)C(CC(N)=O)NC(=O)OC(C)(C)C)C(C(=O)NCc1ccccc1)c1ccccc1C. The molecule has 0 fully saturated rings. The minimum Gasteiger partial charge on any atom is -0.444 e. The largest absolute Gasteiger partial charge is 0.444 e. The van der Waals surface area contributed by atoms with Crippen molar-refractivity contribution in [3.8, 4) is 0 Å². The molecule has 0 aromatic heterocycles. The number of carbonyl (C=O) groups excluding carboxylic acids is 4. The minimum absolute atomic E-state index is 0.210. The Balaban J connectivity index is 2.44. The Hall–Kier alpha value is -3.88. The highest BCUT2D eigenvalue weighted by Gasteiger charge is 2.37. The maximum Gasteiger partial charge on any atom is 0.408 e. The molecular weight excluding hydrogens is 472 g/mol. The van der Waals surface area contributed by atoms with Crippen LogP contribution in [-0.2, 0) is 25.7 Å². The lowest BCUT2D eigenvalue weighted by Gasteiger charge is -2.34. The average Bonchev–Trinajstić information content (AvgIpc) is 2.82. The van der Waals surface area contributed by atoms with Gasteiger partial charge in [0.1, 0.15) is 17.7 Å². The van der Waals surface area contributed by atoms with Gasteiger partial charge in [-0.25, -0.2) is 4.79 Å². The third kappa shape index (κ3) is 9.25. The van der Waals surface area contributed by atoms with Crippen LogP contribution < -0.4 is 16.4 Å². The van der Waals surface area contributed by atoms with E-state index in [9.17, 15) is 19.2 Å². The Bertz CT molecular complexity index is 1080. The monoisotopic (exact) mass is 510 g/mol. The van der Waals surface area contributed by atoms with Crippen LogP contribution in [-0.4, -0.2) is 46.9 Å². The molecule has 9 nitrogen and oxygen atoms in total. The molecule has 2 aromatic carbocycles. The van der Waals surface area contributed by atoms with Crippen molar-refractivity contribution in [3.63, 3.8) is 0 Å². The summed E-state index contributed by atoms with van der Waals surface area (Å²) in [4.78, 5) is 53.2. The van der Waals surface area contributed by atoms with E-state index in [1.54, 1.807) is 32.9 Å². The number of hydrogen-bond donors (Lipinski definition) is 3. The van der Waals surface area contributed by atoms with Crippen LogP contribution in [0.15, 0.2) is 54.6 Å². The van der Waals surface area contributed by atoms with Crippen molar-refractivity contribution >= 4 is 23.8 Å². The van der Waals surface area contributed by atoms with Gasteiger partial charge in [-0.2, -0.15) is 0 Å². The lowest BCUT2D eigenvalue weighted by Crippen LogP contribution is -2.54. The molecule has 2 rings (SSSR count). The Morgan fingerprint density at radius 2 is 1.62 bits per heavy atom. The van der Waals surface area contributed by atoms with Crippen LogP contribution in [0.4, 0.5) is 4.79 Å². The van der Waals surface area contributed by atoms with Crippen LogP contribution in [0.25, 0.3) is 0 Å². The van der Waals surface area contributed by atoms with Crippen LogP contribution in [0.3, 0.4) is 0 Å². The lowest BCUT2D eigenvalue weighted by atomic mass is 9.97. The number of ether oxygens (including phenoxy) is 1. The fourth-order valence-electron chi connectivity index (χ4n) is 3.88. The number of benzene rings is 2. The first kappa shape index (κ1) is 29.4. The van der Waals surface area contributed by atoms with Crippen LogP contribution in [0, 0.1) is 6.92 Å². The number of aryl methyl sites for hydroxylation is 1. The van der Waals surface area contributed by atoms with Crippen molar-refractivity contribution in [2.75, 3.05) is 6.54 Å². The minimum atomic E-state index is -1.30. The van der Waals surface area contributed by atoms with E-state index in [1.807, 2.05) is 56.3 Å². The number of nitrogens with one attached hydrogen (secondary N) is 2. The Morgan fingerprint density at radius 3 is 2.19 bits per heavy atom. The van der Waals surface area contributed by atoms with E-state index in [1.165, 1.54) is 4.90 Å². The molecule has 0 aliphatic heterocycles. The second-order valence-electron chi connectivity index (χ2n) is 9.86.